The number of carbonyl (C=O) groups is 1. The van der Waals surface area contributed by atoms with Crippen LogP contribution in [0.2, 0.25) is 0 Å². The lowest BCUT2D eigenvalue weighted by Crippen LogP contribution is -2.54. The van der Waals surface area contributed by atoms with Crippen molar-refractivity contribution in [2.24, 2.45) is 0 Å². The Morgan fingerprint density at radius 3 is 1.61 bits per heavy atom. The maximum absolute atomic E-state index is 12.8. The van der Waals surface area contributed by atoms with Gasteiger partial charge in [-0.1, -0.05) is 146 Å². The number of nitrogens with one attached hydrogen (secondary N) is 2. The summed E-state index contributed by atoms with van der Waals surface area (Å²) < 4.78 is 19.0. The summed E-state index contributed by atoms with van der Waals surface area (Å²) in [6.07, 6.45) is -0.319. The lowest BCUT2D eigenvalue weighted by Gasteiger charge is -2.32. The number of ether oxygens (including phenoxy) is 3. The topological polar surface area (TPSA) is 142 Å². The number of aliphatic hydroxyl groups is 2. The van der Waals surface area contributed by atoms with Crippen LogP contribution in [-0.2, 0) is 14.3 Å². The molecule has 3 atom stereocenters. The van der Waals surface area contributed by atoms with E-state index in [1.54, 1.807) is 47.3 Å². The Balaban J connectivity index is 1.09. The zero-order chi connectivity index (χ0) is 41.0. The average molecular weight is 792 g/mol. The first kappa shape index (κ1) is 40.5. The van der Waals surface area contributed by atoms with Gasteiger partial charge < -0.3 is 34.9 Å². The molecule has 0 radical (unpaired) electrons. The Kier molecular flexibility index (Phi) is 13.5. The highest BCUT2D eigenvalue weighted by atomic mass is 16.7. The second-order valence-electron chi connectivity index (χ2n) is 13.8. The van der Waals surface area contributed by atoms with Crippen LogP contribution in [-0.4, -0.2) is 51.4 Å². The number of hydrogen-bond acceptors (Lipinski definition) is 10. The normalized spacial score (nSPS) is 14.1. The quantitative estimate of drug-likeness (QED) is 0.0456. The highest BCUT2D eigenvalue weighted by Crippen LogP contribution is 2.34. The zero-order valence-corrected chi connectivity index (χ0v) is 32.2. The minimum atomic E-state index is -1.54. The predicted octanol–water partition coefficient (Wildman–Crippen LogP) is 8.01. The molecular weight excluding hydrogens is 747 g/mol. The van der Waals surface area contributed by atoms with Crippen molar-refractivity contribution in [3.63, 3.8) is 0 Å². The number of hydrogen-bond donors (Lipinski definition) is 5. The lowest BCUT2D eigenvalue weighted by molar-refractivity contribution is -0.146. The number of amides is 1. The van der Waals surface area contributed by atoms with Crippen molar-refractivity contribution in [3.05, 3.63) is 222 Å². The van der Waals surface area contributed by atoms with E-state index in [1.807, 2.05) is 146 Å². The van der Waals surface area contributed by atoms with E-state index in [9.17, 15) is 15.0 Å². The van der Waals surface area contributed by atoms with Gasteiger partial charge in [-0.3, -0.25) is 9.63 Å². The Hall–Kier alpha value is -6.73. The molecule has 1 aliphatic heterocycles. The largest absolute Gasteiger partial charge is 0.487 e. The van der Waals surface area contributed by atoms with Gasteiger partial charge in [0.25, 0.3) is 5.91 Å². The average Bonchev–Trinajstić information content (AvgIpc) is 3.29. The van der Waals surface area contributed by atoms with Gasteiger partial charge in [0.15, 0.2) is 6.10 Å². The Labute approximate surface area is 342 Å². The number of aliphatic hydroxyl groups excluding tert-OH is 2. The summed E-state index contributed by atoms with van der Waals surface area (Å²) in [5.74, 6) is 0.327. The van der Waals surface area contributed by atoms with Crippen molar-refractivity contribution in [3.8, 4) is 16.9 Å². The molecule has 0 bridgehead atoms. The molecule has 59 heavy (non-hydrogen) atoms. The summed E-state index contributed by atoms with van der Waals surface area (Å²) in [7, 11) is 0. The number of nitrogens with zero attached hydrogens (tertiary/aromatic N) is 1. The summed E-state index contributed by atoms with van der Waals surface area (Å²) in [6, 6.07) is 53.2. The predicted molar refractivity (Wildman–Crippen MR) is 222 cm³/mol. The fourth-order valence-electron chi connectivity index (χ4n) is 6.52. The number of carbonyl (C=O) groups excluding carboxylic acids is 1. The molecule has 0 saturated heterocycles. The molecule has 1 heterocycles. The molecular formula is C48H45N3O8. The van der Waals surface area contributed by atoms with Gasteiger partial charge in [0.2, 0.25) is 0 Å². The standard InChI is InChI=1S/C48H45N3O8/c1-33(52)44(48(54)50-55)49-47(53)40-24-22-34(23-25-40)35-26-28-42(29-27-35)56-31-41-32-57-43(58-45(36-14-6-2-7-15-36)37-16-8-3-9-17-37)30-51(41)59-46(38-18-10-4-11-19-38)39-20-12-5-13-21-39/h2-30,32-33,44-46,48,50,52,54-55H,31H2,1H3,(H,49,53)/t33-,44+,48?/m1/s1. The van der Waals surface area contributed by atoms with Gasteiger partial charge in [0.05, 0.1) is 12.1 Å². The molecule has 0 aliphatic carbocycles. The second-order valence-corrected chi connectivity index (χ2v) is 13.8. The fraction of sp³-hybridized carbons (Fsp3) is 0.146. The molecule has 5 N–H and O–H groups in total. The van der Waals surface area contributed by atoms with E-state index in [2.05, 4.69) is 5.32 Å². The van der Waals surface area contributed by atoms with Crippen LogP contribution in [0.15, 0.2) is 194 Å². The third-order valence-electron chi connectivity index (χ3n) is 9.69. The summed E-state index contributed by atoms with van der Waals surface area (Å²) in [5, 5.41) is 33.0. The zero-order valence-electron chi connectivity index (χ0n) is 32.2. The third-order valence-corrected chi connectivity index (χ3v) is 9.69. The van der Waals surface area contributed by atoms with E-state index < -0.39 is 36.5 Å². The Bertz CT molecular complexity index is 2210. The molecule has 300 valence electrons. The maximum atomic E-state index is 12.8. The van der Waals surface area contributed by atoms with Crippen LogP contribution < -0.4 is 15.5 Å². The molecule has 1 aliphatic rings. The molecule has 1 amide bonds. The summed E-state index contributed by atoms with van der Waals surface area (Å²) in [6.45, 7) is 1.49. The molecule has 11 nitrogen and oxygen atoms in total. The first-order valence-electron chi connectivity index (χ1n) is 19.2. The lowest BCUT2D eigenvalue weighted by atomic mass is 10.0. The van der Waals surface area contributed by atoms with E-state index in [-0.39, 0.29) is 12.6 Å². The van der Waals surface area contributed by atoms with Crippen LogP contribution in [0.25, 0.3) is 11.1 Å². The van der Waals surface area contributed by atoms with E-state index in [1.165, 1.54) is 6.92 Å². The van der Waals surface area contributed by atoms with Crippen molar-refractivity contribution in [1.29, 1.82) is 0 Å². The van der Waals surface area contributed by atoms with Gasteiger partial charge in [-0.05, 0) is 64.6 Å². The van der Waals surface area contributed by atoms with Crippen LogP contribution in [0.1, 0.15) is 51.7 Å². The fourth-order valence-corrected chi connectivity index (χ4v) is 6.52. The molecule has 7 rings (SSSR count). The van der Waals surface area contributed by atoms with Gasteiger partial charge in [-0.2, -0.15) is 5.48 Å². The molecule has 1 unspecified atom stereocenters. The van der Waals surface area contributed by atoms with Crippen molar-refractivity contribution in [1.82, 2.24) is 15.9 Å². The van der Waals surface area contributed by atoms with Crippen LogP contribution in [0, 0.1) is 0 Å². The van der Waals surface area contributed by atoms with E-state index in [0.717, 1.165) is 33.4 Å². The van der Waals surface area contributed by atoms with Gasteiger partial charge in [0, 0.05) is 5.56 Å². The SMILES string of the molecule is C[C@@H](O)[C@H](NC(=O)c1ccc(-c2ccc(OCC3=COC(OC(c4ccccc4)c4ccccc4)=CN3OC(c3ccccc3)c3ccccc3)cc2)cc1)C(O)NO. The van der Waals surface area contributed by atoms with Crippen LogP contribution in [0.3, 0.4) is 0 Å². The van der Waals surface area contributed by atoms with Gasteiger partial charge in [0.1, 0.15) is 42.8 Å². The highest BCUT2D eigenvalue weighted by Gasteiger charge is 2.28. The molecule has 6 aromatic carbocycles. The van der Waals surface area contributed by atoms with Crippen LogP contribution >= 0.6 is 0 Å². The molecule has 6 aromatic rings. The number of hydroxylamine groups is 3. The van der Waals surface area contributed by atoms with Crippen LogP contribution in [0.5, 0.6) is 5.75 Å². The van der Waals surface area contributed by atoms with Crippen LogP contribution in [0.4, 0.5) is 0 Å². The minimum absolute atomic E-state index is 0.0952. The highest BCUT2D eigenvalue weighted by molar-refractivity contribution is 5.95. The molecule has 11 heteroatoms. The molecule has 0 aromatic heterocycles. The maximum Gasteiger partial charge on any atom is 0.304 e. The first-order valence-corrected chi connectivity index (χ1v) is 19.2. The molecule has 0 spiro atoms. The summed E-state index contributed by atoms with van der Waals surface area (Å²) >= 11 is 0. The second kappa shape index (κ2) is 19.6. The van der Waals surface area contributed by atoms with Crippen molar-refractivity contribution in [2.45, 2.75) is 37.5 Å². The Morgan fingerprint density at radius 2 is 1.14 bits per heavy atom. The van der Waals surface area contributed by atoms with Crippen molar-refractivity contribution >= 4 is 5.91 Å². The first-order chi connectivity index (χ1) is 28.9. The molecule has 0 fully saturated rings. The number of rotatable bonds is 17. The Morgan fingerprint density at radius 1 is 0.661 bits per heavy atom. The van der Waals surface area contributed by atoms with Gasteiger partial charge in [-0.25, -0.2) is 5.06 Å². The van der Waals surface area contributed by atoms with E-state index in [4.69, 9.17) is 24.3 Å². The van der Waals surface area contributed by atoms with Gasteiger partial charge >= 0.3 is 5.95 Å². The van der Waals surface area contributed by atoms with Crippen molar-refractivity contribution < 1.29 is 39.3 Å². The van der Waals surface area contributed by atoms with Gasteiger partial charge in [-0.15, -0.1) is 0 Å². The van der Waals surface area contributed by atoms with E-state index in [0.29, 0.717) is 17.0 Å². The monoisotopic (exact) mass is 791 g/mol. The van der Waals surface area contributed by atoms with E-state index >= 15 is 0 Å². The smallest absolute Gasteiger partial charge is 0.304 e. The summed E-state index contributed by atoms with van der Waals surface area (Å²) in [4.78, 5) is 19.6. The third kappa shape index (κ3) is 10.4. The number of benzene rings is 6. The minimum Gasteiger partial charge on any atom is -0.487 e. The summed E-state index contributed by atoms with van der Waals surface area (Å²) in [5.41, 5.74) is 8.14. The molecule has 0 saturated carbocycles. The van der Waals surface area contributed by atoms with Crippen molar-refractivity contribution in [2.75, 3.05) is 6.61 Å².